The molecular weight excluding hydrogens is 338 g/mol. The van der Waals surface area contributed by atoms with Gasteiger partial charge in [-0.1, -0.05) is 42.5 Å². The van der Waals surface area contributed by atoms with E-state index in [4.69, 9.17) is 5.73 Å². The first kappa shape index (κ1) is 19.5. The molecule has 1 amide bonds. The van der Waals surface area contributed by atoms with Crippen LogP contribution in [0.3, 0.4) is 0 Å². The van der Waals surface area contributed by atoms with Gasteiger partial charge in [0.1, 0.15) is 0 Å². The van der Waals surface area contributed by atoms with Crippen molar-refractivity contribution in [2.75, 3.05) is 25.0 Å². The van der Waals surface area contributed by atoms with Gasteiger partial charge in [-0.15, -0.1) is 0 Å². The molecule has 2 aromatic carbocycles. The summed E-state index contributed by atoms with van der Waals surface area (Å²) in [6, 6.07) is 17.2. The molecule has 1 aliphatic rings. The highest BCUT2D eigenvalue weighted by Crippen LogP contribution is 2.20. The van der Waals surface area contributed by atoms with Crippen LogP contribution in [0.2, 0.25) is 0 Å². The topological polar surface area (TPSA) is 78.6 Å². The van der Waals surface area contributed by atoms with E-state index in [0.717, 1.165) is 43.7 Å². The van der Waals surface area contributed by atoms with E-state index in [9.17, 15) is 9.90 Å². The molecule has 0 bridgehead atoms. The lowest BCUT2D eigenvalue weighted by molar-refractivity contribution is -0.117. The Balaban J connectivity index is 1.53. The van der Waals surface area contributed by atoms with Crippen molar-refractivity contribution < 1.29 is 9.90 Å². The average molecular weight is 367 g/mol. The fourth-order valence-corrected chi connectivity index (χ4v) is 3.53. The maximum Gasteiger partial charge on any atom is 0.241 e. The second-order valence-electron chi connectivity index (χ2n) is 7.39. The zero-order valence-electron chi connectivity index (χ0n) is 15.7. The van der Waals surface area contributed by atoms with Crippen molar-refractivity contribution in [1.82, 2.24) is 4.90 Å². The Labute approximate surface area is 161 Å². The molecule has 0 aliphatic carbocycles. The van der Waals surface area contributed by atoms with Crippen molar-refractivity contribution in [3.05, 3.63) is 65.7 Å². The van der Waals surface area contributed by atoms with Crippen molar-refractivity contribution >= 4 is 11.6 Å². The highest BCUT2D eigenvalue weighted by Gasteiger charge is 2.19. The van der Waals surface area contributed by atoms with Crippen LogP contribution in [0.4, 0.5) is 5.69 Å². The van der Waals surface area contributed by atoms with Gasteiger partial charge in [0.15, 0.2) is 0 Å². The second-order valence-corrected chi connectivity index (χ2v) is 7.39. The van der Waals surface area contributed by atoms with Crippen LogP contribution < -0.4 is 11.1 Å². The van der Waals surface area contributed by atoms with E-state index in [-0.39, 0.29) is 5.91 Å². The number of aliphatic hydroxyl groups is 1. The van der Waals surface area contributed by atoms with E-state index in [2.05, 4.69) is 16.3 Å². The molecule has 0 aromatic heterocycles. The summed E-state index contributed by atoms with van der Waals surface area (Å²) in [5.74, 6) is 0.276. The van der Waals surface area contributed by atoms with Crippen molar-refractivity contribution in [3.63, 3.8) is 0 Å². The van der Waals surface area contributed by atoms with E-state index in [1.54, 1.807) is 0 Å². The highest BCUT2D eigenvalue weighted by molar-refractivity contribution is 5.94. The first-order chi connectivity index (χ1) is 13.1. The summed E-state index contributed by atoms with van der Waals surface area (Å²) in [4.78, 5) is 14.8. The predicted octanol–water partition coefficient (Wildman–Crippen LogP) is 2.40. The number of benzene rings is 2. The Morgan fingerprint density at radius 1 is 1.11 bits per heavy atom. The molecule has 1 aliphatic heterocycles. The number of aliphatic hydroxyl groups excluding tert-OH is 1. The van der Waals surface area contributed by atoms with Crippen molar-refractivity contribution in [3.8, 4) is 0 Å². The number of nitrogens with zero attached hydrogens (tertiary/aromatic N) is 1. The van der Waals surface area contributed by atoms with E-state index in [0.29, 0.717) is 18.9 Å². The third kappa shape index (κ3) is 5.89. The third-order valence-corrected chi connectivity index (χ3v) is 5.20. The minimum atomic E-state index is -0.575. The maximum atomic E-state index is 12.4. The van der Waals surface area contributed by atoms with Crippen LogP contribution in [0.15, 0.2) is 54.6 Å². The molecule has 2 aromatic rings. The first-order valence-electron chi connectivity index (χ1n) is 9.66. The molecular formula is C22H29N3O2. The second kappa shape index (κ2) is 9.65. The number of nitrogens with two attached hydrogens (primary N) is 1. The Hall–Kier alpha value is -2.21. The number of hydrogen-bond acceptors (Lipinski definition) is 4. The summed E-state index contributed by atoms with van der Waals surface area (Å²) in [7, 11) is 0. The third-order valence-electron chi connectivity index (χ3n) is 5.20. The minimum Gasteiger partial charge on any atom is -0.396 e. The van der Waals surface area contributed by atoms with Crippen molar-refractivity contribution in [2.24, 2.45) is 11.7 Å². The molecule has 4 N–H and O–H groups in total. The summed E-state index contributed by atoms with van der Waals surface area (Å²) < 4.78 is 0. The zero-order valence-corrected chi connectivity index (χ0v) is 15.7. The van der Waals surface area contributed by atoms with Gasteiger partial charge in [-0.25, -0.2) is 0 Å². The molecule has 5 heteroatoms. The Bertz CT molecular complexity index is 727. The molecule has 0 spiro atoms. The Morgan fingerprint density at radius 2 is 1.81 bits per heavy atom. The van der Waals surface area contributed by atoms with Crippen molar-refractivity contribution in [1.29, 1.82) is 0 Å². The molecule has 27 heavy (non-hydrogen) atoms. The predicted molar refractivity (Wildman–Crippen MR) is 108 cm³/mol. The lowest BCUT2D eigenvalue weighted by Crippen LogP contribution is -2.37. The van der Waals surface area contributed by atoms with Gasteiger partial charge in [0.2, 0.25) is 5.91 Å². The lowest BCUT2D eigenvalue weighted by atomic mass is 9.97. The normalized spacial score (nSPS) is 16.8. The summed E-state index contributed by atoms with van der Waals surface area (Å²) in [5.41, 5.74) is 9.08. The molecule has 0 saturated carbocycles. The van der Waals surface area contributed by atoms with Crippen LogP contribution in [0, 0.1) is 5.92 Å². The number of rotatable bonds is 7. The van der Waals surface area contributed by atoms with Gasteiger partial charge in [0.05, 0.1) is 6.04 Å². The van der Waals surface area contributed by atoms with E-state index in [1.165, 1.54) is 5.56 Å². The number of carbonyl (C=O) groups is 1. The fraction of sp³-hybridized carbons (Fsp3) is 0.409. The molecule has 5 nitrogen and oxygen atoms in total. The van der Waals surface area contributed by atoms with Gasteiger partial charge in [-0.3, -0.25) is 9.69 Å². The molecule has 1 saturated heterocycles. The van der Waals surface area contributed by atoms with Gasteiger partial charge in [-0.2, -0.15) is 0 Å². The number of likely N-dealkylation sites (tertiary alicyclic amines) is 1. The van der Waals surface area contributed by atoms with Crippen LogP contribution in [0.25, 0.3) is 0 Å². The molecule has 1 atom stereocenters. The first-order valence-corrected chi connectivity index (χ1v) is 9.66. The Morgan fingerprint density at radius 3 is 2.52 bits per heavy atom. The van der Waals surface area contributed by atoms with Crippen LogP contribution >= 0.6 is 0 Å². The largest absolute Gasteiger partial charge is 0.396 e. The number of amides is 1. The summed E-state index contributed by atoms with van der Waals surface area (Å²) in [5, 5.41) is 12.2. The minimum absolute atomic E-state index is 0.167. The number of carbonyl (C=O) groups excluding carboxylic acids is 1. The maximum absolute atomic E-state index is 12.4. The summed E-state index contributed by atoms with van der Waals surface area (Å²) in [6.45, 7) is 3.16. The average Bonchev–Trinajstić information content (AvgIpc) is 2.69. The number of nitrogens with one attached hydrogen (secondary N) is 1. The highest BCUT2D eigenvalue weighted by atomic mass is 16.3. The molecule has 1 fully saturated rings. The van der Waals surface area contributed by atoms with E-state index >= 15 is 0 Å². The van der Waals surface area contributed by atoms with Crippen LogP contribution in [-0.2, 0) is 17.8 Å². The fourth-order valence-electron chi connectivity index (χ4n) is 3.53. The monoisotopic (exact) mass is 367 g/mol. The van der Waals surface area contributed by atoms with Crippen LogP contribution in [0.1, 0.15) is 24.0 Å². The zero-order chi connectivity index (χ0) is 19.1. The van der Waals surface area contributed by atoms with Gasteiger partial charge < -0.3 is 16.2 Å². The van der Waals surface area contributed by atoms with E-state index < -0.39 is 6.04 Å². The molecule has 144 valence electrons. The van der Waals surface area contributed by atoms with Crippen LogP contribution in [-0.4, -0.2) is 41.7 Å². The number of anilines is 1. The number of hydrogen-bond donors (Lipinski definition) is 3. The summed E-state index contributed by atoms with van der Waals surface area (Å²) in [6.07, 6.45) is 2.61. The standard InChI is InChI=1S/C22H29N3O2/c23-21(14-17-5-2-1-3-6-17)22(27)24-20-8-4-7-19(13-20)15-25-11-9-18(16-26)10-12-25/h1-8,13,18,21,26H,9-12,14-16,23H2,(H,24,27). The van der Waals surface area contributed by atoms with Crippen molar-refractivity contribution in [2.45, 2.75) is 31.8 Å². The summed E-state index contributed by atoms with van der Waals surface area (Å²) >= 11 is 0. The van der Waals surface area contributed by atoms with Crippen LogP contribution in [0.5, 0.6) is 0 Å². The quantitative estimate of drug-likeness (QED) is 0.702. The number of piperidine rings is 1. The van der Waals surface area contributed by atoms with Gasteiger partial charge in [-0.05, 0) is 61.5 Å². The van der Waals surface area contributed by atoms with Gasteiger partial charge in [0, 0.05) is 18.8 Å². The van der Waals surface area contributed by atoms with E-state index in [1.807, 2.05) is 48.5 Å². The Kier molecular flexibility index (Phi) is 6.98. The SMILES string of the molecule is NC(Cc1ccccc1)C(=O)Nc1cccc(CN2CCC(CO)CC2)c1. The molecule has 1 heterocycles. The molecule has 3 rings (SSSR count). The molecule has 1 unspecified atom stereocenters. The van der Waals surface area contributed by atoms with Gasteiger partial charge in [0.25, 0.3) is 0 Å². The lowest BCUT2D eigenvalue weighted by Gasteiger charge is -2.31. The van der Waals surface area contributed by atoms with Gasteiger partial charge >= 0.3 is 0 Å². The molecule has 0 radical (unpaired) electrons. The smallest absolute Gasteiger partial charge is 0.241 e.